The highest BCUT2D eigenvalue weighted by molar-refractivity contribution is 6.01. The molecule has 1 aromatic rings. The van der Waals surface area contributed by atoms with Crippen LogP contribution in [0.5, 0.6) is 0 Å². The highest BCUT2D eigenvalue weighted by Gasteiger charge is 2.40. The lowest BCUT2D eigenvalue weighted by molar-refractivity contribution is 0.0785. The zero-order valence-electron chi connectivity index (χ0n) is 10.9. The van der Waals surface area contributed by atoms with Crippen molar-refractivity contribution in [3.63, 3.8) is 0 Å². The first-order valence-corrected chi connectivity index (χ1v) is 6.51. The summed E-state index contributed by atoms with van der Waals surface area (Å²) in [6.45, 7) is 3.45. The van der Waals surface area contributed by atoms with Gasteiger partial charge >= 0.3 is 0 Å². The third-order valence-electron chi connectivity index (χ3n) is 4.24. The van der Waals surface area contributed by atoms with Crippen LogP contribution in [0.2, 0.25) is 0 Å². The van der Waals surface area contributed by atoms with E-state index in [9.17, 15) is 13.6 Å². The first kappa shape index (κ1) is 13.2. The van der Waals surface area contributed by atoms with Crippen molar-refractivity contribution >= 4 is 5.78 Å². The Morgan fingerprint density at radius 3 is 2.39 bits per heavy atom. The maximum absolute atomic E-state index is 13.9. The van der Waals surface area contributed by atoms with E-state index in [4.69, 9.17) is 0 Å². The van der Waals surface area contributed by atoms with Gasteiger partial charge in [-0.25, -0.2) is 8.78 Å². The van der Waals surface area contributed by atoms with E-state index in [1.165, 1.54) is 19.1 Å². The van der Waals surface area contributed by atoms with E-state index in [0.717, 1.165) is 25.7 Å². The Morgan fingerprint density at radius 2 is 1.83 bits per heavy atom. The van der Waals surface area contributed by atoms with Gasteiger partial charge in [0.2, 0.25) is 0 Å². The SMILES string of the molecule is CCC1(C(=O)c2ccc(C)c(F)c2F)CCCC1. The molecule has 0 spiro atoms. The standard InChI is InChI=1S/C15H18F2O/c1-3-15(8-4-5-9-15)14(18)11-7-6-10(2)12(16)13(11)17/h6-7H,3-5,8-9H2,1-2H3. The molecule has 3 heteroatoms. The molecular formula is C15H18F2O. The summed E-state index contributed by atoms with van der Waals surface area (Å²) in [5.41, 5.74) is -0.314. The molecule has 1 aliphatic carbocycles. The predicted octanol–water partition coefficient (Wildman–Crippen LogP) is 4.43. The van der Waals surface area contributed by atoms with Crippen molar-refractivity contribution in [2.75, 3.05) is 0 Å². The molecule has 0 bridgehead atoms. The van der Waals surface area contributed by atoms with E-state index < -0.39 is 17.0 Å². The normalized spacial score (nSPS) is 18.0. The molecule has 1 saturated carbocycles. The third kappa shape index (κ3) is 1.96. The van der Waals surface area contributed by atoms with Crippen LogP contribution < -0.4 is 0 Å². The van der Waals surface area contributed by atoms with E-state index in [0.29, 0.717) is 6.42 Å². The van der Waals surface area contributed by atoms with Gasteiger partial charge in [0.25, 0.3) is 0 Å². The minimum absolute atomic E-state index is 0.0816. The summed E-state index contributed by atoms with van der Waals surface area (Å²) >= 11 is 0. The summed E-state index contributed by atoms with van der Waals surface area (Å²) in [6, 6.07) is 2.90. The van der Waals surface area contributed by atoms with Crippen LogP contribution >= 0.6 is 0 Å². The van der Waals surface area contributed by atoms with E-state index in [1.807, 2.05) is 6.92 Å². The van der Waals surface area contributed by atoms with Gasteiger partial charge in [-0.1, -0.05) is 25.8 Å². The first-order chi connectivity index (χ1) is 8.52. The van der Waals surface area contributed by atoms with Gasteiger partial charge in [-0.2, -0.15) is 0 Å². The highest BCUT2D eigenvalue weighted by atomic mass is 19.2. The average molecular weight is 252 g/mol. The number of Topliss-reactive ketones (excluding diaryl/α,β-unsaturated/α-hetero) is 1. The molecule has 0 N–H and O–H groups in total. The summed E-state index contributed by atoms with van der Waals surface area (Å²) < 4.78 is 27.4. The number of aryl methyl sites for hydroxylation is 1. The number of hydrogen-bond donors (Lipinski definition) is 0. The Hall–Kier alpha value is -1.25. The van der Waals surface area contributed by atoms with Gasteiger partial charge < -0.3 is 0 Å². The van der Waals surface area contributed by atoms with Crippen molar-refractivity contribution in [2.45, 2.75) is 46.0 Å². The monoisotopic (exact) mass is 252 g/mol. The van der Waals surface area contributed by atoms with Crippen LogP contribution in [-0.4, -0.2) is 5.78 Å². The molecule has 0 radical (unpaired) electrons. The molecule has 1 nitrogen and oxygen atoms in total. The molecule has 0 atom stereocenters. The maximum atomic E-state index is 13.9. The third-order valence-corrected chi connectivity index (χ3v) is 4.24. The second-order valence-electron chi connectivity index (χ2n) is 5.23. The summed E-state index contributed by atoms with van der Waals surface area (Å²) in [6.07, 6.45) is 4.26. The predicted molar refractivity (Wildman–Crippen MR) is 66.6 cm³/mol. The smallest absolute Gasteiger partial charge is 0.172 e. The molecule has 0 amide bonds. The molecule has 1 fully saturated rings. The molecule has 2 rings (SSSR count). The fraction of sp³-hybridized carbons (Fsp3) is 0.533. The topological polar surface area (TPSA) is 17.1 Å². The van der Waals surface area contributed by atoms with E-state index in [1.54, 1.807) is 0 Å². The van der Waals surface area contributed by atoms with E-state index in [2.05, 4.69) is 0 Å². The van der Waals surface area contributed by atoms with Crippen LogP contribution in [0.1, 0.15) is 54.9 Å². The summed E-state index contributed by atoms with van der Waals surface area (Å²) in [5.74, 6) is -2.11. The minimum atomic E-state index is -0.986. The van der Waals surface area contributed by atoms with Crippen molar-refractivity contribution in [3.05, 3.63) is 34.9 Å². The molecule has 1 aromatic carbocycles. The van der Waals surface area contributed by atoms with Crippen molar-refractivity contribution in [2.24, 2.45) is 5.41 Å². The van der Waals surface area contributed by atoms with Crippen molar-refractivity contribution in [1.29, 1.82) is 0 Å². The van der Waals surface area contributed by atoms with Crippen LogP contribution in [0, 0.1) is 24.0 Å². The maximum Gasteiger partial charge on any atom is 0.172 e. The number of carbonyl (C=O) groups is 1. The molecule has 0 heterocycles. The largest absolute Gasteiger partial charge is 0.293 e. The lowest BCUT2D eigenvalue weighted by atomic mass is 9.76. The Labute approximate surface area is 106 Å². The molecule has 98 valence electrons. The Morgan fingerprint density at radius 1 is 1.22 bits per heavy atom. The van der Waals surface area contributed by atoms with E-state index in [-0.39, 0.29) is 16.9 Å². The molecule has 0 aromatic heterocycles. The van der Waals surface area contributed by atoms with Gasteiger partial charge in [0.15, 0.2) is 17.4 Å². The second kappa shape index (κ2) is 4.79. The van der Waals surface area contributed by atoms with E-state index >= 15 is 0 Å². The summed E-state index contributed by atoms with van der Waals surface area (Å²) in [5, 5.41) is 0. The number of rotatable bonds is 3. The zero-order valence-corrected chi connectivity index (χ0v) is 10.9. The van der Waals surface area contributed by atoms with Gasteiger partial charge in [-0.15, -0.1) is 0 Å². The van der Waals surface area contributed by atoms with Crippen LogP contribution in [0.25, 0.3) is 0 Å². The van der Waals surface area contributed by atoms with Crippen LogP contribution in [-0.2, 0) is 0 Å². The number of benzene rings is 1. The molecule has 0 aliphatic heterocycles. The van der Waals surface area contributed by atoms with Gasteiger partial charge in [0.1, 0.15) is 0 Å². The molecule has 0 unspecified atom stereocenters. The van der Waals surface area contributed by atoms with Crippen LogP contribution in [0.3, 0.4) is 0 Å². The van der Waals surface area contributed by atoms with Crippen LogP contribution in [0.4, 0.5) is 8.78 Å². The molecule has 0 saturated heterocycles. The summed E-state index contributed by atoms with van der Waals surface area (Å²) in [7, 11) is 0. The Bertz CT molecular complexity index is 474. The first-order valence-electron chi connectivity index (χ1n) is 6.51. The van der Waals surface area contributed by atoms with Crippen molar-refractivity contribution in [1.82, 2.24) is 0 Å². The highest BCUT2D eigenvalue weighted by Crippen LogP contribution is 2.44. The number of ketones is 1. The Balaban J connectivity index is 2.43. The second-order valence-corrected chi connectivity index (χ2v) is 5.23. The molecular weight excluding hydrogens is 234 g/mol. The fourth-order valence-corrected chi connectivity index (χ4v) is 2.90. The van der Waals surface area contributed by atoms with Gasteiger partial charge in [0, 0.05) is 5.41 Å². The minimum Gasteiger partial charge on any atom is -0.293 e. The Kier molecular flexibility index (Phi) is 3.51. The number of carbonyl (C=O) groups excluding carboxylic acids is 1. The lowest BCUT2D eigenvalue weighted by Gasteiger charge is -2.26. The number of hydrogen-bond acceptors (Lipinski definition) is 1. The van der Waals surface area contributed by atoms with Crippen molar-refractivity contribution in [3.8, 4) is 0 Å². The van der Waals surface area contributed by atoms with Gasteiger partial charge in [0.05, 0.1) is 5.56 Å². The molecule has 1 aliphatic rings. The lowest BCUT2D eigenvalue weighted by Crippen LogP contribution is -2.28. The van der Waals surface area contributed by atoms with Crippen LogP contribution in [0.15, 0.2) is 12.1 Å². The average Bonchev–Trinajstić information content (AvgIpc) is 2.85. The summed E-state index contributed by atoms with van der Waals surface area (Å²) in [4.78, 5) is 12.5. The van der Waals surface area contributed by atoms with Gasteiger partial charge in [-0.05, 0) is 37.8 Å². The molecule has 18 heavy (non-hydrogen) atoms. The van der Waals surface area contributed by atoms with Crippen molar-refractivity contribution < 1.29 is 13.6 Å². The van der Waals surface area contributed by atoms with Gasteiger partial charge in [-0.3, -0.25) is 4.79 Å². The quantitative estimate of drug-likeness (QED) is 0.727. The zero-order chi connectivity index (χ0) is 13.3. The fourth-order valence-electron chi connectivity index (χ4n) is 2.90. The number of halogens is 2.